The van der Waals surface area contributed by atoms with Crippen molar-refractivity contribution in [1.29, 1.82) is 0 Å². The number of esters is 1. The SMILES string of the molecule is COC(=O)C1(COc2c(-c3cccc4c3CCC4=O)ccc(OC)c2OC)CC1. The Morgan fingerprint density at radius 3 is 2.34 bits per heavy atom. The van der Waals surface area contributed by atoms with Crippen LogP contribution in [0.1, 0.15) is 35.2 Å². The Balaban J connectivity index is 1.79. The standard InChI is InChI=1S/C23H24O6/c1-26-19-10-8-17(14-5-4-6-16-15(14)7-9-18(16)24)20(21(19)27-2)29-13-23(11-12-23)22(25)28-3/h4-6,8,10H,7,9,11-13H2,1-3H3. The molecule has 0 unspecified atom stereocenters. The van der Waals surface area contributed by atoms with Crippen LogP contribution in [0.15, 0.2) is 30.3 Å². The van der Waals surface area contributed by atoms with E-state index in [1.165, 1.54) is 7.11 Å². The monoisotopic (exact) mass is 396 g/mol. The highest BCUT2D eigenvalue weighted by Crippen LogP contribution is 2.50. The molecule has 6 heteroatoms. The fourth-order valence-corrected chi connectivity index (χ4v) is 3.98. The van der Waals surface area contributed by atoms with Crippen molar-refractivity contribution in [1.82, 2.24) is 0 Å². The van der Waals surface area contributed by atoms with E-state index in [2.05, 4.69) is 0 Å². The van der Waals surface area contributed by atoms with Crippen molar-refractivity contribution >= 4 is 11.8 Å². The van der Waals surface area contributed by atoms with Crippen LogP contribution in [-0.2, 0) is 16.0 Å². The molecule has 0 amide bonds. The van der Waals surface area contributed by atoms with Crippen molar-refractivity contribution in [3.8, 4) is 28.4 Å². The van der Waals surface area contributed by atoms with Gasteiger partial charge in [-0.1, -0.05) is 18.2 Å². The number of ether oxygens (including phenoxy) is 4. The maximum Gasteiger partial charge on any atom is 0.315 e. The van der Waals surface area contributed by atoms with E-state index in [-0.39, 0.29) is 18.4 Å². The number of hydrogen-bond donors (Lipinski definition) is 0. The zero-order valence-corrected chi connectivity index (χ0v) is 16.9. The number of ketones is 1. The van der Waals surface area contributed by atoms with Gasteiger partial charge in [-0.2, -0.15) is 0 Å². The molecule has 0 spiro atoms. The number of carbonyl (C=O) groups is 2. The van der Waals surface area contributed by atoms with Crippen LogP contribution in [0.3, 0.4) is 0 Å². The fraction of sp³-hybridized carbons (Fsp3) is 0.391. The lowest BCUT2D eigenvalue weighted by Crippen LogP contribution is -2.25. The number of methoxy groups -OCH3 is 3. The van der Waals surface area contributed by atoms with Crippen LogP contribution in [0, 0.1) is 5.41 Å². The average Bonchev–Trinajstić information content (AvgIpc) is 3.46. The summed E-state index contributed by atoms with van der Waals surface area (Å²) < 4.78 is 22.2. The van der Waals surface area contributed by atoms with Gasteiger partial charge in [-0.15, -0.1) is 0 Å². The zero-order valence-electron chi connectivity index (χ0n) is 16.9. The third kappa shape index (κ3) is 3.22. The second-order valence-electron chi connectivity index (χ2n) is 7.49. The predicted octanol–water partition coefficient (Wildman–Crippen LogP) is 3.83. The van der Waals surface area contributed by atoms with Crippen LogP contribution in [0.4, 0.5) is 0 Å². The van der Waals surface area contributed by atoms with Crippen molar-refractivity contribution in [2.45, 2.75) is 25.7 Å². The highest BCUT2D eigenvalue weighted by atomic mass is 16.5. The van der Waals surface area contributed by atoms with E-state index in [0.717, 1.165) is 35.1 Å². The minimum Gasteiger partial charge on any atom is -0.493 e. The van der Waals surface area contributed by atoms with Gasteiger partial charge in [-0.25, -0.2) is 0 Å². The van der Waals surface area contributed by atoms with Gasteiger partial charge in [-0.05, 0) is 42.5 Å². The first-order valence-corrected chi connectivity index (χ1v) is 9.66. The topological polar surface area (TPSA) is 71.1 Å². The van der Waals surface area contributed by atoms with Gasteiger partial charge < -0.3 is 18.9 Å². The minimum absolute atomic E-state index is 0.160. The molecule has 0 bridgehead atoms. The van der Waals surface area contributed by atoms with Gasteiger partial charge in [0.15, 0.2) is 17.3 Å². The molecule has 0 radical (unpaired) electrons. The molecule has 4 rings (SSSR count). The van der Waals surface area contributed by atoms with Crippen LogP contribution in [-0.4, -0.2) is 39.7 Å². The predicted molar refractivity (Wildman–Crippen MR) is 107 cm³/mol. The van der Waals surface area contributed by atoms with Gasteiger partial charge in [0.05, 0.1) is 21.3 Å². The smallest absolute Gasteiger partial charge is 0.315 e. The summed E-state index contributed by atoms with van der Waals surface area (Å²) in [5, 5.41) is 0. The van der Waals surface area contributed by atoms with E-state index >= 15 is 0 Å². The van der Waals surface area contributed by atoms with E-state index < -0.39 is 5.41 Å². The molecule has 2 aliphatic rings. The lowest BCUT2D eigenvalue weighted by molar-refractivity contribution is -0.148. The molecule has 2 aromatic rings. The summed E-state index contributed by atoms with van der Waals surface area (Å²) in [6.45, 7) is 0.199. The zero-order chi connectivity index (χ0) is 20.6. The molecule has 0 atom stereocenters. The third-order valence-electron chi connectivity index (χ3n) is 5.83. The minimum atomic E-state index is -0.602. The normalized spacial score (nSPS) is 16.2. The number of carbonyl (C=O) groups excluding carboxylic acids is 2. The molecule has 0 heterocycles. The molecular formula is C23H24O6. The third-order valence-corrected chi connectivity index (χ3v) is 5.83. The largest absolute Gasteiger partial charge is 0.493 e. The van der Waals surface area contributed by atoms with Gasteiger partial charge >= 0.3 is 5.97 Å². The van der Waals surface area contributed by atoms with Gasteiger partial charge in [-0.3, -0.25) is 9.59 Å². The van der Waals surface area contributed by atoms with Crippen LogP contribution in [0.5, 0.6) is 17.2 Å². The first-order valence-electron chi connectivity index (χ1n) is 9.66. The Hall–Kier alpha value is -3.02. The second-order valence-corrected chi connectivity index (χ2v) is 7.49. The van der Waals surface area contributed by atoms with E-state index in [0.29, 0.717) is 30.1 Å². The van der Waals surface area contributed by atoms with Crippen molar-refractivity contribution in [3.05, 3.63) is 41.5 Å². The molecule has 0 aromatic heterocycles. The number of fused-ring (bicyclic) bond motifs is 1. The Morgan fingerprint density at radius 2 is 1.69 bits per heavy atom. The Bertz CT molecular complexity index is 974. The molecule has 1 fully saturated rings. The van der Waals surface area contributed by atoms with Crippen LogP contribution in [0.2, 0.25) is 0 Å². The van der Waals surface area contributed by atoms with Crippen LogP contribution < -0.4 is 14.2 Å². The molecular weight excluding hydrogens is 372 g/mol. The van der Waals surface area contributed by atoms with Gasteiger partial charge in [0.1, 0.15) is 12.0 Å². The van der Waals surface area contributed by atoms with E-state index in [9.17, 15) is 9.59 Å². The Morgan fingerprint density at radius 1 is 0.931 bits per heavy atom. The summed E-state index contributed by atoms with van der Waals surface area (Å²) in [4.78, 5) is 24.3. The molecule has 2 aromatic carbocycles. The maximum absolute atomic E-state index is 12.2. The fourth-order valence-electron chi connectivity index (χ4n) is 3.98. The molecule has 29 heavy (non-hydrogen) atoms. The summed E-state index contributed by atoms with van der Waals surface area (Å²) in [6, 6.07) is 9.47. The summed E-state index contributed by atoms with van der Waals surface area (Å²) in [5.41, 5.74) is 2.93. The number of hydrogen-bond acceptors (Lipinski definition) is 6. The van der Waals surface area contributed by atoms with Crippen molar-refractivity contribution in [2.24, 2.45) is 5.41 Å². The summed E-state index contributed by atoms with van der Waals surface area (Å²) in [5.74, 6) is 1.42. The van der Waals surface area contributed by atoms with E-state index in [4.69, 9.17) is 18.9 Å². The molecule has 0 saturated heterocycles. The molecule has 1 saturated carbocycles. The van der Waals surface area contributed by atoms with E-state index in [1.807, 2.05) is 30.3 Å². The lowest BCUT2D eigenvalue weighted by atomic mass is 9.95. The van der Waals surface area contributed by atoms with Gasteiger partial charge in [0, 0.05) is 17.5 Å². The number of benzene rings is 2. The highest BCUT2D eigenvalue weighted by molar-refractivity contribution is 6.02. The van der Waals surface area contributed by atoms with Gasteiger partial charge in [0.25, 0.3) is 0 Å². The quantitative estimate of drug-likeness (QED) is 0.663. The average molecular weight is 396 g/mol. The summed E-state index contributed by atoms with van der Waals surface area (Å²) in [7, 11) is 4.52. The second kappa shape index (κ2) is 7.43. The van der Waals surface area contributed by atoms with Gasteiger partial charge in [0.2, 0.25) is 5.75 Å². The van der Waals surface area contributed by atoms with E-state index in [1.54, 1.807) is 14.2 Å². The molecule has 0 N–H and O–H groups in total. The van der Waals surface area contributed by atoms with Crippen LogP contribution >= 0.6 is 0 Å². The molecule has 152 valence electrons. The Kier molecular flexibility index (Phi) is 4.94. The molecule has 6 nitrogen and oxygen atoms in total. The highest BCUT2D eigenvalue weighted by Gasteiger charge is 2.52. The summed E-state index contributed by atoms with van der Waals surface area (Å²) >= 11 is 0. The summed E-state index contributed by atoms with van der Waals surface area (Å²) in [6.07, 6.45) is 2.68. The van der Waals surface area contributed by atoms with Crippen molar-refractivity contribution in [3.63, 3.8) is 0 Å². The molecule has 0 aliphatic heterocycles. The first kappa shape index (κ1) is 19.3. The Labute approximate surface area is 169 Å². The lowest BCUT2D eigenvalue weighted by Gasteiger charge is -2.21. The number of rotatable bonds is 7. The first-order chi connectivity index (χ1) is 14.0. The van der Waals surface area contributed by atoms with Crippen LogP contribution in [0.25, 0.3) is 11.1 Å². The molecule has 2 aliphatic carbocycles. The van der Waals surface area contributed by atoms with Crippen molar-refractivity contribution < 1.29 is 28.5 Å². The van der Waals surface area contributed by atoms with Crippen molar-refractivity contribution in [2.75, 3.05) is 27.9 Å². The number of Topliss-reactive ketones (excluding diaryl/α,β-unsaturated/α-hetero) is 1. The maximum atomic E-state index is 12.2.